The fourth-order valence-corrected chi connectivity index (χ4v) is 5.32. The molecule has 1 fully saturated rings. The number of aromatic nitrogens is 2. The second kappa shape index (κ2) is 11.8. The average molecular weight is 498 g/mol. The van der Waals surface area contributed by atoms with Crippen molar-refractivity contribution in [1.29, 1.82) is 0 Å². The van der Waals surface area contributed by atoms with Gasteiger partial charge in [0.15, 0.2) is 4.34 Å². The average Bonchev–Trinajstić information content (AvgIpc) is 3.32. The fourth-order valence-electron chi connectivity index (χ4n) is 3.66. The van der Waals surface area contributed by atoms with Gasteiger partial charge in [-0.2, -0.15) is 0 Å². The molecule has 34 heavy (non-hydrogen) atoms. The minimum absolute atomic E-state index is 0.0208. The number of hydrogen-bond donors (Lipinski definition) is 2. The summed E-state index contributed by atoms with van der Waals surface area (Å²) in [5.74, 6) is 1.05. The highest BCUT2D eigenvalue weighted by molar-refractivity contribution is 8.01. The van der Waals surface area contributed by atoms with Crippen LogP contribution in [0.5, 0.6) is 5.75 Å². The first-order valence-corrected chi connectivity index (χ1v) is 13.0. The molecule has 0 aliphatic carbocycles. The standard InChI is InChI=1S/C24H27N5O3S2/c1-2-32-20-11-7-6-10-19(20)26-23-27-28-24(34-23)33-16-21(30)29-14-12-17(13-15-29)22(31)25-18-8-4-3-5-9-18/h3-11,17H,2,12-16H2,1H3,(H,25,31)(H,26,27). The summed E-state index contributed by atoms with van der Waals surface area (Å²) in [7, 11) is 0. The van der Waals surface area contributed by atoms with Crippen LogP contribution < -0.4 is 15.4 Å². The Kier molecular flexibility index (Phi) is 8.37. The second-order valence-corrected chi connectivity index (χ2v) is 9.93. The number of amides is 2. The molecule has 3 aromatic rings. The monoisotopic (exact) mass is 497 g/mol. The number of likely N-dealkylation sites (tertiary alicyclic amines) is 1. The maximum absolute atomic E-state index is 12.7. The van der Waals surface area contributed by atoms with Crippen LogP contribution in [-0.2, 0) is 9.59 Å². The van der Waals surface area contributed by atoms with Crippen molar-refractivity contribution in [1.82, 2.24) is 15.1 Å². The van der Waals surface area contributed by atoms with Gasteiger partial charge in [-0.25, -0.2) is 0 Å². The molecule has 0 unspecified atom stereocenters. The Morgan fingerprint density at radius 2 is 1.82 bits per heavy atom. The summed E-state index contributed by atoms with van der Waals surface area (Å²) in [6.45, 7) is 3.69. The van der Waals surface area contributed by atoms with E-state index in [1.165, 1.54) is 23.1 Å². The molecule has 1 saturated heterocycles. The van der Waals surface area contributed by atoms with Crippen LogP contribution in [0.15, 0.2) is 58.9 Å². The summed E-state index contributed by atoms with van der Waals surface area (Å²) in [6, 6.07) is 17.1. The molecule has 178 valence electrons. The van der Waals surface area contributed by atoms with E-state index in [2.05, 4.69) is 20.8 Å². The first kappa shape index (κ1) is 24.0. The highest BCUT2D eigenvalue weighted by Crippen LogP contribution is 2.32. The van der Waals surface area contributed by atoms with Crippen LogP contribution in [0.1, 0.15) is 19.8 Å². The fraction of sp³-hybridized carbons (Fsp3) is 0.333. The van der Waals surface area contributed by atoms with E-state index >= 15 is 0 Å². The molecule has 10 heteroatoms. The highest BCUT2D eigenvalue weighted by atomic mass is 32.2. The number of ether oxygens (including phenoxy) is 1. The van der Waals surface area contributed by atoms with Crippen molar-refractivity contribution in [2.24, 2.45) is 5.92 Å². The molecule has 1 aliphatic heterocycles. The van der Waals surface area contributed by atoms with E-state index in [9.17, 15) is 9.59 Å². The Hall–Kier alpha value is -3.11. The van der Waals surface area contributed by atoms with Gasteiger partial charge in [0.05, 0.1) is 18.0 Å². The van der Waals surface area contributed by atoms with Crippen LogP contribution in [0.25, 0.3) is 0 Å². The quantitative estimate of drug-likeness (QED) is 0.416. The number of benzene rings is 2. The SMILES string of the molecule is CCOc1ccccc1Nc1nnc(SCC(=O)N2CCC(C(=O)Nc3ccccc3)CC2)s1. The van der Waals surface area contributed by atoms with Crippen LogP contribution in [0.2, 0.25) is 0 Å². The first-order chi connectivity index (χ1) is 16.6. The third-order valence-electron chi connectivity index (χ3n) is 5.41. The molecular formula is C24H27N5O3S2. The third kappa shape index (κ3) is 6.48. The number of carbonyl (C=O) groups is 2. The number of carbonyl (C=O) groups excluding carboxylic acids is 2. The lowest BCUT2D eigenvalue weighted by atomic mass is 9.96. The van der Waals surface area contributed by atoms with Crippen molar-refractivity contribution in [3.63, 3.8) is 0 Å². The lowest BCUT2D eigenvalue weighted by Crippen LogP contribution is -2.42. The number of hydrogen-bond acceptors (Lipinski definition) is 8. The minimum Gasteiger partial charge on any atom is -0.492 e. The lowest BCUT2D eigenvalue weighted by Gasteiger charge is -2.31. The van der Waals surface area contributed by atoms with E-state index in [0.717, 1.165) is 21.5 Å². The van der Waals surface area contributed by atoms with Crippen molar-refractivity contribution < 1.29 is 14.3 Å². The highest BCUT2D eigenvalue weighted by Gasteiger charge is 2.27. The molecule has 0 spiro atoms. The molecule has 2 heterocycles. The Morgan fingerprint density at radius 3 is 2.59 bits per heavy atom. The molecule has 2 amide bonds. The summed E-state index contributed by atoms with van der Waals surface area (Å²) in [5, 5.41) is 15.2. The normalized spacial score (nSPS) is 14.0. The van der Waals surface area contributed by atoms with Crippen molar-refractivity contribution in [3.05, 3.63) is 54.6 Å². The predicted molar refractivity (Wildman–Crippen MR) is 136 cm³/mol. The van der Waals surface area contributed by atoms with Crippen molar-refractivity contribution in [2.45, 2.75) is 24.1 Å². The molecular weight excluding hydrogens is 470 g/mol. The van der Waals surface area contributed by atoms with E-state index in [0.29, 0.717) is 43.4 Å². The lowest BCUT2D eigenvalue weighted by molar-refractivity contribution is -0.132. The van der Waals surface area contributed by atoms with Gasteiger partial charge in [-0.3, -0.25) is 9.59 Å². The topological polar surface area (TPSA) is 96.4 Å². The number of nitrogens with one attached hydrogen (secondary N) is 2. The van der Waals surface area contributed by atoms with Gasteiger partial charge in [0, 0.05) is 24.7 Å². The minimum atomic E-state index is -0.0757. The number of rotatable bonds is 9. The van der Waals surface area contributed by atoms with Gasteiger partial charge in [-0.15, -0.1) is 10.2 Å². The number of piperidine rings is 1. The van der Waals surface area contributed by atoms with Crippen LogP contribution in [0.4, 0.5) is 16.5 Å². The zero-order valence-corrected chi connectivity index (χ0v) is 20.5. The van der Waals surface area contributed by atoms with Gasteiger partial charge in [-0.1, -0.05) is 53.4 Å². The molecule has 1 aromatic heterocycles. The molecule has 2 N–H and O–H groups in total. The molecule has 8 nitrogen and oxygen atoms in total. The number of thioether (sulfide) groups is 1. The first-order valence-electron chi connectivity index (χ1n) is 11.2. The maximum Gasteiger partial charge on any atom is 0.233 e. The molecule has 0 saturated carbocycles. The van der Waals surface area contributed by atoms with Gasteiger partial charge in [0.25, 0.3) is 0 Å². The maximum atomic E-state index is 12.7. The molecule has 4 rings (SSSR count). The number of anilines is 3. The summed E-state index contributed by atoms with van der Waals surface area (Å²) in [4.78, 5) is 27.0. The third-order valence-corrected chi connectivity index (χ3v) is 7.37. The number of nitrogens with zero attached hydrogens (tertiary/aromatic N) is 3. The van der Waals surface area contributed by atoms with Crippen LogP contribution in [0.3, 0.4) is 0 Å². The van der Waals surface area contributed by atoms with Crippen molar-refractivity contribution in [2.75, 3.05) is 36.1 Å². The summed E-state index contributed by atoms with van der Waals surface area (Å²) in [6.07, 6.45) is 1.34. The summed E-state index contributed by atoms with van der Waals surface area (Å²) < 4.78 is 6.35. The van der Waals surface area contributed by atoms with E-state index in [1.807, 2.05) is 66.4 Å². The zero-order valence-electron chi connectivity index (χ0n) is 18.9. The molecule has 0 bridgehead atoms. The van der Waals surface area contributed by atoms with Gasteiger partial charge >= 0.3 is 0 Å². The van der Waals surface area contributed by atoms with Crippen molar-refractivity contribution in [3.8, 4) is 5.75 Å². The zero-order chi connectivity index (χ0) is 23.8. The molecule has 2 aromatic carbocycles. The van der Waals surface area contributed by atoms with Crippen LogP contribution >= 0.6 is 23.1 Å². The van der Waals surface area contributed by atoms with Crippen LogP contribution in [0, 0.1) is 5.92 Å². The van der Waals surface area contributed by atoms with E-state index < -0.39 is 0 Å². The summed E-state index contributed by atoms with van der Waals surface area (Å²) >= 11 is 2.78. The molecule has 1 aliphatic rings. The van der Waals surface area contributed by atoms with Gasteiger partial charge < -0.3 is 20.3 Å². The number of para-hydroxylation sites is 3. The Labute approximate surface area is 207 Å². The van der Waals surface area contributed by atoms with E-state index in [1.54, 1.807) is 0 Å². The van der Waals surface area contributed by atoms with Crippen LogP contribution in [-0.4, -0.2) is 52.4 Å². The van der Waals surface area contributed by atoms with Gasteiger partial charge in [0.1, 0.15) is 5.75 Å². The Bertz CT molecular complexity index is 1100. The second-order valence-electron chi connectivity index (χ2n) is 7.73. The predicted octanol–water partition coefficient (Wildman–Crippen LogP) is 4.65. The molecule has 0 atom stereocenters. The Balaban J connectivity index is 1.22. The largest absolute Gasteiger partial charge is 0.492 e. The van der Waals surface area contributed by atoms with E-state index in [4.69, 9.17) is 4.74 Å². The Morgan fingerprint density at radius 1 is 1.09 bits per heavy atom. The van der Waals surface area contributed by atoms with Gasteiger partial charge in [-0.05, 0) is 44.0 Å². The van der Waals surface area contributed by atoms with E-state index in [-0.39, 0.29) is 17.7 Å². The summed E-state index contributed by atoms with van der Waals surface area (Å²) in [5.41, 5.74) is 1.63. The van der Waals surface area contributed by atoms with Gasteiger partial charge in [0.2, 0.25) is 16.9 Å². The van der Waals surface area contributed by atoms with Crippen molar-refractivity contribution >= 4 is 51.4 Å². The molecule has 0 radical (unpaired) electrons. The smallest absolute Gasteiger partial charge is 0.233 e.